The average molecular weight is 635 g/mol. The fourth-order valence-corrected chi connectivity index (χ4v) is 5.37. The second-order valence-corrected chi connectivity index (χ2v) is 11.1. The van der Waals surface area contributed by atoms with Crippen LogP contribution in [0.2, 0.25) is 5.02 Å². The number of hydrogen-bond acceptors (Lipinski definition) is 7. The number of nitrogens with one attached hydrogen (secondary N) is 3. The highest BCUT2D eigenvalue weighted by molar-refractivity contribution is 6.30. The maximum Gasteiger partial charge on any atom is 0.411 e. The summed E-state index contributed by atoms with van der Waals surface area (Å²) in [4.78, 5) is 47.6. The van der Waals surface area contributed by atoms with Gasteiger partial charge in [0.2, 0.25) is 11.8 Å². The fourth-order valence-electron chi connectivity index (χ4n) is 5.20. The zero-order valence-corrected chi connectivity index (χ0v) is 25.9. The van der Waals surface area contributed by atoms with Crippen LogP contribution >= 0.6 is 11.6 Å². The number of hydrogen-bond donors (Lipinski definition) is 3. The van der Waals surface area contributed by atoms with Gasteiger partial charge in [-0.15, -0.1) is 0 Å². The summed E-state index contributed by atoms with van der Waals surface area (Å²) in [6.45, 7) is 3.50. The minimum Gasteiger partial charge on any atom is -0.481 e. The summed E-state index contributed by atoms with van der Waals surface area (Å²) >= 11 is 5.98. The number of anilines is 2. The van der Waals surface area contributed by atoms with Gasteiger partial charge in [-0.2, -0.15) is 0 Å². The molecule has 3 N–H and O–H groups in total. The smallest absolute Gasteiger partial charge is 0.411 e. The van der Waals surface area contributed by atoms with Crippen molar-refractivity contribution in [2.75, 3.05) is 24.9 Å². The number of imidazole rings is 1. The molecule has 234 valence electrons. The lowest BCUT2D eigenvalue weighted by atomic mass is 9.95. The highest BCUT2D eigenvalue weighted by Crippen LogP contribution is 2.36. The van der Waals surface area contributed by atoms with Crippen molar-refractivity contribution < 1.29 is 28.2 Å². The number of ether oxygens (including phenoxy) is 2. The molecule has 5 rings (SSSR count). The monoisotopic (exact) mass is 634 g/mol. The molecule has 1 aliphatic heterocycles. The van der Waals surface area contributed by atoms with Crippen LogP contribution in [0.5, 0.6) is 5.88 Å². The number of rotatable bonds is 5. The highest BCUT2D eigenvalue weighted by atomic mass is 35.5. The molecule has 13 heteroatoms. The Bertz CT molecular complexity index is 1780. The fraction of sp³-hybridized carbons (Fsp3) is 0.281. The molecule has 4 aromatic rings. The van der Waals surface area contributed by atoms with Gasteiger partial charge < -0.3 is 20.1 Å². The first kappa shape index (κ1) is 31.5. The van der Waals surface area contributed by atoms with Crippen LogP contribution in [0.4, 0.5) is 20.6 Å². The molecule has 0 saturated heterocycles. The van der Waals surface area contributed by atoms with Crippen LogP contribution in [0.3, 0.4) is 0 Å². The number of benzene rings is 2. The van der Waals surface area contributed by atoms with Gasteiger partial charge in [-0.25, -0.2) is 19.2 Å². The Labute approximate surface area is 264 Å². The standard InChI is InChI=1S/C32H32ClFN6O5/c1-17-7-5-9-23(38-31(42)29-18(2)40(16-35-29)26-10-6-8-22(33)28(26)34)25-13-19(14-27(37-25)44-3)21-12-11-20(36-32(43)45-4)15-24(21)39-30(17)41/h6,8,10-17,23H,5,7,9H2,1-4H3,(H,36,43)(H,38,42)(H,39,41)/t17-,23+/m1/s1. The Morgan fingerprint density at radius 3 is 2.69 bits per heavy atom. The molecule has 0 spiro atoms. The Morgan fingerprint density at radius 2 is 1.93 bits per heavy atom. The van der Waals surface area contributed by atoms with Crippen LogP contribution in [0.1, 0.15) is 54.1 Å². The predicted octanol–water partition coefficient (Wildman–Crippen LogP) is 6.45. The molecular weight excluding hydrogens is 603 g/mol. The third kappa shape index (κ3) is 6.75. The van der Waals surface area contributed by atoms with Gasteiger partial charge in [0.25, 0.3) is 5.91 Å². The Hall–Kier alpha value is -4.97. The molecule has 45 heavy (non-hydrogen) atoms. The number of nitrogens with zero attached hydrogens (tertiary/aromatic N) is 3. The number of carbonyl (C=O) groups excluding carboxylic acids is 3. The van der Waals surface area contributed by atoms with E-state index in [1.165, 1.54) is 31.2 Å². The summed E-state index contributed by atoms with van der Waals surface area (Å²) in [7, 11) is 2.75. The van der Waals surface area contributed by atoms with E-state index in [2.05, 4.69) is 25.9 Å². The first-order valence-electron chi connectivity index (χ1n) is 14.2. The Balaban J connectivity index is 1.53. The molecule has 0 saturated carbocycles. The largest absolute Gasteiger partial charge is 0.481 e. The lowest BCUT2D eigenvalue weighted by Gasteiger charge is -2.23. The van der Waals surface area contributed by atoms with E-state index in [-0.39, 0.29) is 28.2 Å². The van der Waals surface area contributed by atoms with E-state index in [1.54, 1.807) is 43.3 Å². The van der Waals surface area contributed by atoms with E-state index in [9.17, 15) is 18.8 Å². The summed E-state index contributed by atoms with van der Waals surface area (Å²) in [5.41, 5.74) is 3.47. The third-order valence-corrected chi connectivity index (χ3v) is 7.99. The number of carbonyl (C=O) groups is 3. The van der Waals surface area contributed by atoms with Crippen LogP contribution in [0, 0.1) is 18.7 Å². The zero-order chi connectivity index (χ0) is 32.2. The van der Waals surface area contributed by atoms with Crippen LogP contribution < -0.4 is 20.7 Å². The summed E-state index contributed by atoms with van der Waals surface area (Å²) < 4.78 is 26.5. The number of pyridine rings is 1. The summed E-state index contributed by atoms with van der Waals surface area (Å²) in [6, 6.07) is 12.7. The lowest BCUT2D eigenvalue weighted by molar-refractivity contribution is -0.119. The number of halogens is 2. The average Bonchev–Trinajstić information content (AvgIpc) is 3.41. The molecule has 2 aromatic carbocycles. The SMILES string of the molecule is COC(=O)Nc1ccc2c(c1)NC(=O)[C@H](C)CCC[C@H](NC(=O)c1ncn(-c3cccc(Cl)c3F)c1C)c1cc-2cc(OC)n1. The van der Waals surface area contributed by atoms with E-state index >= 15 is 0 Å². The number of fused-ring (bicyclic) bond motifs is 4. The van der Waals surface area contributed by atoms with Gasteiger partial charge in [-0.1, -0.05) is 37.1 Å². The highest BCUT2D eigenvalue weighted by Gasteiger charge is 2.26. The van der Waals surface area contributed by atoms with E-state index in [4.69, 9.17) is 21.1 Å². The van der Waals surface area contributed by atoms with Crippen molar-refractivity contribution in [2.45, 2.75) is 39.2 Å². The van der Waals surface area contributed by atoms with Crippen molar-refractivity contribution in [3.63, 3.8) is 0 Å². The van der Waals surface area contributed by atoms with E-state index in [1.807, 2.05) is 13.0 Å². The maximum absolute atomic E-state index is 14.8. The van der Waals surface area contributed by atoms with Gasteiger partial charge in [-0.3, -0.25) is 19.5 Å². The van der Waals surface area contributed by atoms with Crippen molar-refractivity contribution in [3.05, 3.63) is 82.8 Å². The van der Waals surface area contributed by atoms with Gasteiger partial charge in [-0.05, 0) is 55.7 Å². The first-order valence-corrected chi connectivity index (χ1v) is 14.6. The minimum atomic E-state index is -0.646. The van der Waals surface area contributed by atoms with Crippen molar-refractivity contribution in [3.8, 4) is 22.7 Å². The van der Waals surface area contributed by atoms with Crippen molar-refractivity contribution in [1.29, 1.82) is 0 Å². The summed E-state index contributed by atoms with van der Waals surface area (Å²) in [6.07, 6.45) is 2.33. The van der Waals surface area contributed by atoms with Crippen LogP contribution in [0.25, 0.3) is 16.8 Å². The molecule has 2 aromatic heterocycles. The van der Waals surface area contributed by atoms with Crippen molar-refractivity contribution in [2.24, 2.45) is 5.92 Å². The molecule has 1 aliphatic rings. The lowest BCUT2D eigenvalue weighted by Crippen LogP contribution is -2.30. The normalized spacial score (nSPS) is 16.4. The number of amides is 3. The summed E-state index contributed by atoms with van der Waals surface area (Å²) in [5.74, 6) is -1.33. The Kier molecular flexibility index (Phi) is 9.33. The quantitative estimate of drug-likeness (QED) is 0.229. The van der Waals surface area contributed by atoms with E-state index in [0.29, 0.717) is 59.0 Å². The number of methoxy groups -OCH3 is 2. The second kappa shape index (κ2) is 13.3. The third-order valence-electron chi connectivity index (χ3n) is 7.70. The molecule has 11 nitrogen and oxygen atoms in total. The molecule has 0 unspecified atom stereocenters. The van der Waals surface area contributed by atoms with Gasteiger partial charge >= 0.3 is 6.09 Å². The molecule has 2 bridgehead atoms. The molecule has 3 heterocycles. The Morgan fingerprint density at radius 1 is 1.13 bits per heavy atom. The maximum atomic E-state index is 14.8. The minimum absolute atomic E-state index is 0.0415. The topological polar surface area (TPSA) is 136 Å². The predicted molar refractivity (Wildman–Crippen MR) is 167 cm³/mol. The van der Waals surface area contributed by atoms with E-state index in [0.717, 1.165) is 0 Å². The van der Waals surface area contributed by atoms with Crippen LogP contribution in [-0.2, 0) is 9.53 Å². The molecule has 2 atom stereocenters. The van der Waals surface area contributed by atoms with Gasteiger partial charge in [0.1, 0.15) is 12.0 Å². The molecule has 0 radical (unpaired) electrons. The van der Waals surface area contributed by atoms with Crippen molar-refractivity contribution >= 4 is 40.9 Å². The molecule has 0 fully saturated rings. The van der Waals surface area contributed by atoms with Crippen LogP contribution in [0.15, 0.2) is 54.9 Å². The van der Waals surface area contributed by atoms with Gasteiger partial charge in [0.05, 0.1) is 48.0 Å². The van der Waals surface area contributed by atoms with Crippen LogP contribution in [-0.4, -0.2) is 46.7 Å². The molecule has 0 aliphatic carbocycles. The number of aromatic nitrogens is 3. The van der Waals surface area contributed by atoms with Crippen molar-refractivity contribution in [1.82, 2.24) is 19.9 Å². The first-order chi connectivity index (χ1) is 21.6. The van der Waals surface area contributed by atoms with Gasteiger partial charge in [0.15, 0.2) is 5.82 Å². The molecular formula is C32H32ClFN6O5. The van der Waals surface area contributed by atoms with Gasteiger partial charge in [0, 0.05) is 23.2 Å². The zero-order valence-electron chi connectivity index (χ0n) is 25.1. The summed E-state index contributed by atoms with van der Waals surface area (Å²) in [5, 5.41) is 8.62. The second-order valence-electron chi connectivity index (χ2n) is 10.7. The van der Waals surface area contributed by atoms with E-state index < -0.39 is 23.9 Å². The molecule has 3 amide bonds.